The summed E-state index contributed by atoms with van der Waals surface area (Å²) in [5.74, 6) is 0.879. The second-order valence-corrected chi connectivity index (χ2v) is 4.62. The molecule has 0 radical (unpaired) electrons. The highest BCUT2D eigenvalue weighted by Crippen LogP contribution is 2.32. The molecule has 4 heteroatoms. The first-order chi connectivity index (χ1) is 8.60. The van der Waals surface area contributed by atoms with Crippen LogP contribution in [-0.2, 0) is 0 Å². The van der Waals surface area contributed by atoms with Crippen molar-refractivity contribution in [2.24, 2.45) is 0 Å². The molecule has 0 aliphatic rings. The van der Waals surface area contributed by atoms with Crippen molar-refractivity contribution in [2.75, 3.05) is 0 Å². The second-order valence-electron chi connectivity index (χ2n) is 3.77. The first-order valence-corrected chi connectivity index (χ1v) is 6.03. The fourth-order valence-corrected chi connectivity index (χ4v) is 1.96. The molecule has 0 heterocycles. The molecule has 0 spiro atoms. The van der Waals surface area contributed by atoms with Gasteiger partial charge in [-0.2, -0.15) is 5.26 Å². The summed E-state index contributed by atoms with van der Waals surface area (Å²) in [5, 5.41) is 8.76. The molecule has 90 valence electrons. The van der Waals surface area contributed by atoms with E-state index in [1.165, 1.54) is 12.1 Å². The van der Waals surface area contributed by atoms with E-state index in [0.29, 0.717) is 27.1 Å². The predicted molar refractivity (Wildman–Crippen MR) is 70.1 cm³/mol. The molecule has 0 aliphatic carbocycles. The molecule has 2 rings (SSSR count). The van der Waals surface area contributed by atoms with Crippen molar-refractivity contribution in [1.82, 2.24) is 0 Å². The van der Waals surface area contributed by atoms with Crippen LogP contribution in [0.1, 0.15) is 11.1 Å². The molecule has 0 saturated heterocycles. The van der Waals surface area contributed by atoms with Gasteiger partial charge in [0.25, 0.3) is 0 Å². The van der Waals surface area contributed by atoms with Gasteiger partial charge in [-0.25, -0.2) is 4.39 Å². The van der Waals surface area contributed by atoms with E-state index in [2.05, 4.69) is 15.9 Å². The number of nitriles is 1. The molecule has 0 amide bonds. The van der Waals surface area contributed by atoms with Crippen molar-refractivity contribution in [2.45, 2.75) is 6.92 Å². The minimum Gasteiger partial charge on any atom is -0.456 e. The van der Waals surface area contributed by atoms with Crippen LogP contribution in [0.5, 0.6) is 11.5 Å². The van der Waals surface area contributed by atoms with Gasteiger partial charge in [0.2, 0.25) is 0 Å². The summed E-state index contributed by atoms with van der Waals surface area (Å²) < 4.78 is 19.3. The first-order valence-electron chi connectivity index (χ1n) is 5.24. The van der Waals surface area contributed by atoms with Crippen LogP contribution in [0.25, 0.3) is 0 Å². The summed E-state index contributed by atoms with van der Waals surface area (Å²) in [4.78, 5) is 0. The maximum absolute atomic E-state index is 13.0. The first kappa shape index (κ1) is 12.6. The number of benzene rings is 2. The average Bonchev–Trinajstić information content (AvgIpc) is 2.34. The van der Waals surface area contributed by atoms with Crippen LogP contribution in [0.15, 0.2) is 40.9 Å². The summed E-state index contributed by atoms with van der Waals surface area (Å²) in [6.07, 6.45) is 0. The predicted octanol–water partition coefficient (Wildman–Crippen LogP) is 4.56. The van der Waals surface area contributed by atoms with Gasteiger partial charge in [0.15, 0.2) is 0 Å². The van der Waals surface area contributed by atoms with Crippen molar-refractivity contribution in [1.29, 1.82) is 5.26 Å². The Hall–Kier alpha value is -1.86. The van der Waals surface area contributed by atoms with Gasteiger partial charge in [0.1, 0.15) is 17.3 Å². The summed E-state index contributed by atoms with van der Waals surface area (Å²) in [5.41, 5.74) is 1.26. The lowest BCUT2D eigenvalue weighted by atomic mass is 10.2. The summed E-state index contributed by atoms with van der Waals surface area (Å²) >= 11 is 3.33. The van der Waals surface area contributed by atoms with Crippen LogP contribution >= 0.6 is 15.9 Å². The van der Waals surface area contributed by atoms with Crippen LogP contribution < -0.4 is 4.74 Å². The smallest absolute Gasteiger partial charge is 0.141 e. The molecule has 0 bridgehead atoms. The van der Waals surface area contributed by atoms with Crippen LogP contribution in [0.4, 0.5) is 4.39 Å². The molecule has 18 heavy (non-hydrogen) atoms. The minimum atomic E-state index is -0.293. The quantitative estimate of drug-likeness (QED) is 0.815. The highest BCUT2D eigenvalue weighted by atomic mass is 79.9. The molecule has 0 fully saturated rings. The van der Waals surface area contributed by atoms with Crippen LogP contribution in [0.3, 0.4) is 0 Å². The van der Waals surface area contributed by atoms with Crippen molar-refractivity contribution < 1.29 is 9.13 Å². The van der Waals surface area contributed by atoms with Gasteiger partial charge in [-0.1, -0.05) is 0 Å². The summed E-state index contributed by atoms with van der Waals surface area (Å²) in [6, 6.07) is 11.4. The van der Waals surface area contributed by atoms with Gasteiger partial charge in [-0.3, -0.25) is 0 Å². The van der Waals surface area contributed by atoms with Gasteiger partial charge in [0.05, 0.1) is 16.1 Å². The molecule has 0 aliphatic heterocycles. The molecular weight excluding hydrogens is 297 g/mol. The Morgan fingerprint density at radius 1 is 1.17 bits per heavy atom. The zero-order valence-electron chi connectivity index (χ0n) is 9.58. The molecule has 0 atom stereocenters. The molecule has 0 saturated carbocycles. The van der Waals surface area contributed by atoms with E-state index in [1.54, 1.807) is 31.2 Å². The number of halogens is 2. The maximum Gasteiger partial charge on any atom is 0.141 e. The monoisotopic (exact) mass is 305 g/mol. The van der Waals surface area contributed by atoms with Crippen molar-refractivity contribution in [3.05, 3.63) is 57.8 Å². The van der Waals surface area contributed by atoms with E-state index in [0.717, 1.165) is 0 Å². The van der Waals surface area contributed by atoms with Gasteiger partial charge < -0.3 is 4.74 Å². The Balaban J connectivity index is 2.32. The molecular formula is C14H9BrFNO. The number of hydrogen-bond donors (Lipinski definition) is 0. The van der Waals surface area contributed by atoms with E-state index in [1.807, 2.05) is 6.07 Å². The number of hydrogen-bond acceptors (Lipinski definition) is 2. The van der Waals surface area contributed by atoms with E-state index < -0.39 is 0 Å². The third-order valence-corrected chi connectivity index (χ3v) is 3.04. The largest absolute Gasteiger partial charge is 0.456 e. The standard InChI is InChI=1S/C14H9BrFNO/c1-9-6-11(16)3-5-13(9)18-14-4-2-10(8-17)7-12(14)15/h2-7H,1H3. The Morgan fingerprint density at radius 3 is 2.50 bits per heavy atom. The number of aryl methyl sites for hydroxylation is 1. The Kier molecular flexibility index (Phi) is 3.63. The second kappa shape index (κ2) is 5.19. The van der Waals surface area contributed by atoms with Gasteiger partial charge in [-0.05, 0) is 64.8 Å². The average molecular weight is 306 g/mol. The third kappa shape index (κ3) is 2.69. The normalized spacial score (nSPS) is 9.89. The molecule has 0 unspecified atom stereocenters. The highest BCUT2D eigenvalue weighted by molar-refractivity contribution is 9.10. The van der Waals surface area contributed by atoms with E-state index in [9.17, 15) is 4.39 Å². The van der Waals surface area contributed by atoms with Crippen molar-refractivity contribution in [3.63, 3.8) is 0 Å². The van der Waals surface area contributed by atoms with Crippen LogP contribution in [-0.4, -0.2) is 0 Å². The van der Waals surface area contributed by atoms with E-state index in [-0.39, 0.29) is 5.82 Å². The molecule has 0 N–H and O–H groups in total. The lowest BCUT2D eigenvalue weighted by Gasteiger charge is -2.10. The number of nitrogens with zero attached hydrogens (tertiary/aromatic N) is 1. The minimum absolute atomic E-state index is 0.293. The van der Waals surface area contributed by atoms with E-state index >= 15 is 0 Å². The lowest BCUT2D eigenvalue weighted by Crippen LogP contribution is -1.90. The number of rotatable bonds is 2. The Bertz CT molecular complexity index is 634. The zero-order chi connectivity index (χ0) is 13.1. The Morgan fingerprint density at radius 2 is 1.89 bits per heavy atom. The molecule has 0 aromatic heterocycles. The molecule has 2 nitrogen and oxygen atoms in total. The van der Waals surface area contributed by atoms with Gasteiger partial charge in [0, 0.05) is 0 Å². The van der Waals surface area contributed by atoms with Gasteiger partial charge >= 0.3 is 0 Å². The van der Waals surface area contributed by atoms with Crippen LogP contribution in [0.2, 0.25) is 0 Å². The molecule has 2 aromatic rings. The topological polar surface area (TPSA) is 33.0 Å². The fourth-order valence-electron chi connectivity index (χ4n) is 1.50. The summed E-state index contributed by atoms with van der Waals surface area (Å²) in [6.45, 7) is 1.77. The summed E-state index contributed by atoms with van der Waals surface area (Å²) in [7, 11) is 0. The van der Waals surface area contributed by atoms with Crippen molar-refractivity contribution >= 4 is 15.9 Å². The lowest BCUT2D eigenvalue weighted by molar-refractivity contribution is 0.473. The van der Waals surface area contributed by atoms with Crippen LogP contribution in [0, 0.1) is 24.1 Å². The van der Waals surface area contributed by atoms with E-state index in [4.69, 9.17) is 10.00 Å². The highest BCUT2D eigenvalue weighted by Gasteiger charge is 2.06. The van der Waals surface area contributed by atoms with Crippen molar-refractivity contribution in [3.8, 4) is 17.6 Å². The SMILES string of the molecule is Cc1cc(F)ccc1Oc1ccc(C#N)cc1Br. The third-order valence-electron chi connectivity index (χ3n) is 2.42. The molecule has 2 aromatic carbocycles. The maximum atomic E-state index is 13.0. The van der Waals surface area contributed by atoms with Gasteiger partial charge in [-0.15, -0.1) is 0 Å². The fraction of sp³-hybridized carbons (Fsp3) is 0.0714. The Labute approximate surface area is 113 Å². The zero-order valence-corrected chi connectivity index (χ0v) is 11.2. The number of ether oxygens (including phenoxy) is 1.